The van der Waals surface area contributed by atoms with E-state index in [2.05, 4.69) is 51.8 Å². The third-order valence-corrected chi connectivity index (χ3v) is 2.77. The average molecular weight is 244 g/mol. The fourth-order valence-electron chi connectivity index (χ4n) is 2.32. The molecule has 17 heavy (non-hydrogen) atoms. The van der Waals surface area contributed by atoms with E-state index < -0.39 is 0 Å². The molecule has 1 atom stereocenters. The Morgan fingerprint density at radius 1 is 1.12 bits per heavy atom. The first-order chi connectivity index (χ1) is 7.83. The van der Waals surface area contributed by atoms with Gasteiger partial charge in [0.1, 0.15) is 0 Å². The van der Waals surface area contributed by atoms with Crippen molar-refractivity contribution < 1.29 is 5.11 Å². The second-order valence-corrected chi connectivity index (χ2v) is 6.23. The van der Waals surface area contributed by atoms with Crippen LogP contribution in [-0.4, -0.2) is 48.3 Å². The maximum Gasteiger partial charge on any atom is 0.0623 e. The first kappa shape index (κ1) is 16.9. The Morgan fingerprint density at radius 3 is 1.88 bits per heavy atom. The molecule has 3 nitrogen and oxygen atoms in total. The Morgan fingerprint density at radius 2 is 1.59 bits per heavy atom. The number of hydrogen-bond acceptors (Lipinski definition) is 3. The Bertz CT molecular complexity index is 185. The molecule has 0 radical (unpaired) electrons. The summed E-state index contributed by atoms with van der Waals surface area (Å²) in [6, 6.07) is 0. The van der Waals surface area contributed by atoms with E-state index >= 15 is 0 Å². The van der Waals surface area contributed by atoms with Crippen LogP contribution in [0.25, 0.3) is 0 Å². The molecule has 3 heteroatoms. The van der Waals surface area contributed by atoms with Crippen LogP contribution in [0.4, 0.5) is 0 Å². The van der Waals surface area contributed by atoms with Gasteiger partial charge in [-0.3, -0.25) is 0 Å². The fourth-order valence-corrected chi connectivity index (χ4v) is 2.32. The van der Waals surface area contributed by atoms with Gasteiger partial charge in [0.05, 0.1) is 12.1 Å². The summed E-state index contributed by atoms with van der Waals surface area (Å²) >= 11 is 0. The minimum atomic E-state index is -0.182. The van der Waals surface area contributed by atoms with Crippen molar-refractivity contribution in [2.75, 3.05) is 32.8 Å². The minimum Gasteiger partial charge on any atom is -0.394 e. The molecule has 0 amide bonds. The van der Waals surface area contributed by atoms with Gasteiger partial charge in [0.2, 0.25) is 0 Å². The maximum absolute atomic E-state index is 9.54. The Labute approximate surface area is 108 Å². The van der Waals surface area contributed by atoms with Crippen LogP contribution >= 0.6 is 0 Å². The topological polar surface area (TPSA) is 35.5 Å². The van der Waals surface area contributed by atoms with Gasteiger partial charge in [0.25, 0.3) is 0 Å². The number of hydrogen-bond donors (Lipinski definition) is 2. The van der Waals surface area contributed by atoms with Crippen molar-refractivity contribution >= 4 is 0 Å². The Balaban J connectivity index is 4.47. The number of likely N-dealkylation sites (N-methyl/N-ethyl adjacent to an activating group) is 1. The molecular weight excluding hydrogens is 212 g/mol. The van der Waals surface area contributed by atoms with Crippen LogP contribution in [0.1, 0.15) is 41.5 Å². The molecule has 0 aliphatic rings. The lowest BCUT2D eigenvalue weighted by Crippen LogP contribution is -2.55. The molecule has 0 fully saturated rings. The van der Waals surface area contributed by atoms with Crippen LogP contribution in [0.2, 0.25) is 0 Å². The molecule has 0 aromatic rings. The van der Waals surface area contributed by atoms with Gasteiger partial charge in [-0.1, -0.05) is 34.6 Å². The van der Waals surface area contributed by atoms with E-state index in [1.165, 1.54) is 0 Å². The monoisotopic (exact) mass is 244 g/mol. The van der Waals surface area contributed by atoms with Crippen molar-refractivity contribution in [1.82, 2.24) is 10.2 Å². The summed E-state index contributed by atoms with van der Waals surface area (Å²) in [6.07, 6.45) is 0. The molecule has 0 aromatic heterocycles. The summed E-state index contributed by atoms with van der Waals surface area (Å²) in [4.78, 5) is 2.47. The van der Waals surface area contributed by atoms with E-state index in [1.807, 2.05) is 0 Å². The third kappa shape index (κ3) is 7.74. The molecule has 0 saturated heterocycles. The standard InChI is InChI=1S/C14H32N2O/c1-7-15-14(6,11-17)10-16(8-12(2)3)9-13(4)5/h12-13,15,17H,7-11H2,1-6H3. The SMILES string of the molecule is CCNC(C)(CO)CN(CC(C)C)CC(C)C. The second kappa shape index (κ2) is 8.06. The zero-order valence-electron chi connectivity index (χ0n) is 12.6. The van der Waals surface area contributed by atoms with Gasteiger partial charge in [-0.25, -0.2) is 0 Å². The van der Waals surface area contributed by atoms with Gasteiger partial charge in [-0.2, -0.15) is 0 Å². The molecule has 0 bridgehead atoms. The van der Waals surface area contributed by atoms with E-state index in [-0.39, 0.29) is 12.1 Å². The highest BCUT2D eigenvalue weighted by molar-refractivity contribution is 4.86. The molecule has 0 aromatic carbocycles. The zero-order valence-corrected chi connectivity index (χ0v) is 12.6. The predicted octanol–water partition coefficient (Wildman–Crippen LogP) is 1.96. The van der Waals surface area contributed by atoms with Gasteiger partial charge >= 0.3 is 0 Å². The molecule has 104 valence electrons. The number of rotatable bonds is 9. The highest BCUT2D eigenvalue weighted by Crippen LogP contribution is 2.10. The highest BCUT2D eigenvalue weighted by Gasteiger charge is 2.25. The number of nitrogens with one attached hydrogen (secondary N) is 1. The molecule has 0 aliphatic carbocycles. The van der Waals surface area contributed by atoms with Crippen LogP contribution in [0.15, 0.2) is 0 Å². The molecule has 0 spiro atoms. The summed E-state index contributed by atoms with van der Waals surface area (Å²) in [5.74, 6) is 1.33. The molecule has 2 N–H and O–H groups in total. The van der Waals surface area contributed by atoms with Crippen molar-refractivity contribution in [3.63, 3.8) is 0 Å². The zero-order chi connectivity index (χ0) is 13.5. The lowest BCUT2D eigenvalue weighted by atomic mass is 10.0. The van der Waals surface area contributed by atoms with Crippen molar-refractivity contribution in [1.29, 1.82) is 0 Å². The van der Waals surface area contributed by atoms with Crippen molar-refractivity contribution in [3.8, 4) is 0 Å². The highest BCUT2D eigenvalue weighted by atomic mass is 16.3. The largest absolute Gasteiger partial charge is 0.394 e. The van der Waals surface area contributed by atoms with Gasteiger partial charge in [-0.05, 0) is 25.3 Å². The van der Waals surface area contributed by atoms with E-state index in [4.69, 9.17) is 0 Å². The van der Waals surface area contributed by atoms with Crippen molar-refractivity contribution in [2.24, 2.45) is 11.8 Å². The van der Waals surface area contributed by atoms with Gasteiger partial charge in [0.15, 0.2) is 0 Å². The number of nitrogens with zero attached hydrogens (tertiary/aromatic N) is 1. The van der Waals surface area contributed by atoms with Crippen LogP contribution in [0.3, 0.4) is 0 Å². The fraction of sp³-hybridized carbons (Fsp3) is 1.00. The minimum absolute atomic E-state index is 0.182. The van der Waals surface area contributed by atoms with Crippen LogP contribution in [0, 0.1) is 11.8 Å². The molecule has 0 heterocycles. The Hall–Kier alpha value is -0.120. The summed E-state index contributed by atoms with van der Waals surface area (Å²) in [7, 11) is 0. The van der Waals surface area contributed by atoms with E-state index in [0.29, 0.717) is 11.8 Å². The third-order valence-electron chi connectivity index (χ3n) is 2.77. The first-order valence-corrected chi connectivity index (χ1v) is 6.91. The van der Waals surface area contributed by atoms with Crippen molar-refractivity contribution in [3.05, 3.63) is 0 Å². The molecule has 1 unspecified atom stereocenters. The molecule has 0 aliphatic heterocycles. The summed E-state index contributed by atoms with van der Waals surface area (Å²) < 4.78 is 0. The van der Waals surface area contributed by atoms with Crippen molar-refractivity contribution in [2.45, 2.75) is 47.1 Å². The summed E-state index contributed by atoms with van der Waals surface area (Å²) in [5, 5.41) is 12.9. The molecule has 0 rings (SSSR count). The summed E-state index contributed by atoms with van der Waals surface area (Å²) in [6.45, 7) is 17.4. The smallest absolute Gasteiger partial charge is 0.0623 e. The normalized spacial score (nSPS) is 15.9. The maximum atomic E-state index is 9.54. The lowest BCUT2D eigenvalue weighted by Gasteiger charge is -2.36. The summed E-state index contributed by atoms with van der Waals surface area (Å²) in [5.41, 5.74) is -0.182. The van der Waals surface area contributed by atoms with Gasteiger partial charge in [0, 0.05) is 19.6 Å². The van der Waals surface area contributed by atoms with Crippen LogP contribution < -0.4 is 5.32 Å². The second-order valence-electron chi connectivity index (χ2n) is 6.23. The lowest BCUT2D eigenvalue weighted by molar-refractivity contribution is 0.107. The number of aliphatic hydroxyl groups excluding tert-OH is 1. The quantitative estimate of drug-likeness (QED) is 0.651. The van der Waals surface area contributed by atoms with E-state index in [1.54, 1.807) is 0 Å². The first-order valence-electron chi connectivity index (χ1n) is 6.91. The van der Waals surface area contributed by atoms with E-state index in [9.17, 15) is 5.11 Å². The van der Waals surface area contributed by atoms with Gasteiger partial charge < -0.3 is 15.3 Å². The number of aliphatic hydroxyl groups is 1. The van der Waals surface area contributed by atoms with E-state index in [0.717, 1.165) is 26.2 Å². The molecular formula is C14H32N2O. The predicted molar refractivity (Wildman–Crippen MR) is 75.3 cm³/mol. The van der Waals surface area contributed by atoms with Crippen LogP contribution in [-0.2, 0) is 0 Å². The molecule has 0 saturated carbocycles. The van der Waals surface area contributed by atoms with Gasteiger partial charge in [-0.15, -0.1) is 0 Å². The average Bonchev–Trinajstić information content (AvgIpc) is 2.15. The Kier molecular flexibility index (Phi) is 8.01. The van der Waals surface area contributed by atoms with Crippen LogP contribution in [0.5, 0.6) is 0 Å².